The summed E-state index contributed by atoms with van der Waals surface area (Å²) in [5.74, 6) is 0.853. The molecule has 3 rings (SSSR count). The molecule has 0 aromatic carbocycles. The van der Waals surface area contributed by atoms with Gasteiger partial charge in [-0.1, -0.05) is 0 Å². The van der Waals surface area contributed by atoms with Crippen molar-refractivity contribution in [2.45, 2.75) is 25.3 Å². The van der Waals surface area contributed by atoms with E-state index in [1.807, 2.05) is 0 Å². The van der Waals surface area contributed by atoms with Crippen molar-refractivity contribution in [3.05, 3.63) is 18.6 Å². The van der Waals surface area contributed by atoms with Gasteiger partial charge in [0.05, 0.1) is 23.6 Å². The number of piperidine rings is 1. The molecule has 1 aromatic rings. The molecule has 0 saturated carbocycles. The average Bonchev–Trinajstić information content (AvgIpc) is 2.87. The fourth-order valence-electron chi connectivity index (χ4n) is 3.08. The van der Waals surface area contributed by atoms with Gasteiger partial charge in [-0.3, -0.25) is 9.78 Å². The van der Waals surface area contributed by atoms with E-state index in [0.717, 1.165) is 25.2 Å². The van der Waals surface area contributed by atoms with Crippen molar-refractivity contribution in [3.63, 3.8) is 0 Å². The lowest BCUT2D eigenvalue weighted by atomic mass is 9.96. The molecule has 2 saturated heterocycles. The van der Waals surface area contributed by atoms with Gasteiger partial charge in [-0.15, -0.1) is 0 Å². The zero-order valence-corrected chi connectivity index (χ0v) is 13.1. The first-order chi connectivity index (χ1) is 10.5. The molecule has 3 heterocycles. The van der Waals surface area contributed by atoms with E-state index >= 15 is 0 Å². The maximum atomic E-state index is 12.4. The summed E-state index contributed by atoms with van der Waals surface area (Å²) < 4.78 is 22.9. The van der Waals surface area contributed by atoms with Gasteiger partial charge in [0.15, 0.2) is 9.84 Å². The molecule has 22 heavy (non-hydrogen) atoms. The standard InChI is InChI=1S/C14H20N4O3S/c19-14(17-12-3-7-22(20,21)10-12)11-2-1-6-18(9-11)13-8-15-4-5-16-13/h4-5,8,11-12H,1-3,6-7,9-10H2,(H,17,19)/t11-,12+/m1/s1. The number of sulfone groups is 1. The zero-order valence-electron chi connectivity index (χ0n) is 12.3. The largest absolute Gasteiger partial charge is 0.355 e. The van der Waals surface area contributed by atoms with Crippen LogP contribution in [0.4, 0.5) is 5.82 Å². The van der Waals surface area contributed by atoms with Gasteiger partial charge in [0.1, 0.15) is 5.82 Å². The van der Waals surface area contributed by atoms with Crippen LogP contribution in [-0.4, -0.2) is 54.9 Å². The normalized spacial score (nSPS) is 27.5. The van der Waals surface area contributed by atoms with Gasteiger partial charge in [-0.05, 0) is 19.3 Å². The maximum Gasteiger partial charge on any atom is 0.225 e. The van der Waals surface area contributed by atoms with E-state index in [1.54, 1.807) is 18.6 Å². The third-order valence-electron chi connectivity index (χ3n) is 4.24. The van der Waals surface area contributed by atoms with Crippen LogP contribution in [0.5, 0.6) is 0 Å². The maximum absolute atomic E-state index is 12.4. The Labute approximate surface area is 130 Å². The second kappa shape index (κ2) is 6.20. The third kappa shape index (κ3) is 3.55. The molecule has 8 heteroatoms. The molecular formula is C14H20N4O3S. The highest BCUT2D eigenvalue weighted by Crippen LogP contribution is 2.21. The lowest BCUT2D eigenvalue weighted by molar-refractivity contribution is -0.125. The second-order valence-corrected chi connectivity index (χ2v) is 8.19. The van der Waals surface area contributed by atoms with Crippen molar-refractivity contribution in [3.8, 4) is 0 Å². The molecule has 7 nitrogen and oxygen atoms in total. The van der Waals surface area contributed by atoms with Crippen LogP contribution in [0.15, 0.2) is 18.6 Å². The number of hydrogen-bond donors (Lipinski definition) is 1. The number of nitrogens with zero attached hydrogens (tertiary/aromatic N) is 3. The number of amides is 1. The minimum Gasteiger partial charge on any atom is -0.355 e. The molecule has 2 aliphatic heterocycles. The summed E-state index contributed by atoms with van der Waals surface area (Å²) in [4.78, 5) is 22.8. The minimum absolute atomic E-state index is 0.0457. The van der Waals surface area contributed by atoms with E-state index in [9.17, 15) is 13.2 Å². The van der Waals surface area contributed by atoms with E-state index in [0.29, 0.717) is 13.0 Å². The van der Waals surface area contributed by atoms with Crippen LogP contribution in [0.2, 0.25) is 0 Å². The summed E-state index contributed by atoms with van der Waals surface area (Å²) in [5.41, 5.74) is 0. The Hall–Kier alpha value is -1.70. The summed E-state index contributed by atoms with van der Waals surface area (Å²) in [6.07, 6.45) is 7.22. The molecule has 2 fully saturated rings. The summed E-state index contributed by atoms with van der Waals surface area (Å²) in [6.45, 7) is 1.46. The number of hydrogen-bond acceptors (Lipinski definition) is 6. The Morgan fingerprint density at radius 2 is 2.18 bits per heavy atom. The number of nitrogens with one attached hydrogen (secondary N) is 1. The number of carbonyl (C=O) groups excluding carboxylic acids is 1. The van der Waals surface area contributed by atoms with E-state index in [2.05, 4.69) is 20.2 Å². The topological polar surface area (TPSA) is 92.3 Å². The highest BCUT2D eigenvalue weighted by Gasteiger charge is 2.32. The van der Waals surface area contributed by atoms with E-state index in [-0.39, 0.29) is 29.4 Å². The Morgan fingerprint density at radius 1 is 1.32 bits per heavy atom. The Bertz CT molecular complexity index is 635. The van der Waals surface area contributed by atoms with Crippen LogP contribution in [0.3, 0.4) is 0 Å². The van der Waals surface area contributed by atoms with Crippen LogP contribution in [0.1, 0.15) is 19.3 Å². The molecule has 2 aliphatic rings. The zero-order chi connectivity index (χ0) is 15.6. The van der Waals surface area contributed by atoms with Crippen molar-refractivity contribution < 1.29 is 13.2 Å². The minimum atomic E-state index is -2.97. The Kier molecular flexibility index (Phi) is 4.28. The van der Waals surface area contributed by atoms with Gasteiger partial charge in [-0.2, -0.15) is 0 Å². The van der Waals surface area contributed by atoms with Crippen molar-refractivity contribution >= 4 is 21.6 Å². The quantitative estimate of drug-likeness (QED) is 0.841. The molecular weight excluding hydrogens is 304 g/mol. The smallest absolute Gasteiger partial charge is 0.225 e. The molecule has 0 bridgehead atoms. The van der Waals surface area contributed by atoms with Crippen LogP contribution >= 0.6 is 0 Å². The highest BCUT2D eigenvalue weighted by atomic mass is 32.2. The van der Waals surface area contributed by atoms with E-state index in [4.69, 9.17) is 0 Å². The number of rotatable bonds is 3. The highest BCUT2D eigenvalue weighted by molar-refractivity contribution is 7.91. The second-order valence-electron chi connectivity index (χ2n) is 5.96. The first kappa shape index (κ1) is 15.2. The molecule has 1 aromatic heterocycles. The summed E-state index contributed by atoms with van der Waals surface area (Å²) in [5, 5.41) is 2.90. The summed E-state index contributed by atoms with van der Waals surface area (Å²) in [7, 11) is -2.97. The molecule has 1 N–H and O–H groups in total. The molecule has 0 aliphatic carbocycles. The molecule has 1 amide bonds. The van der Waals surface area contributed by atoms with Crippen molar-refractivity contribution in [2.24, 2.45) is 5.92 Å². The van der Waals surface area contributed by atoms with Crippen LogP contribution in [-0.2, 0) is 14.6 Å². The third-order valence-corrected chi connectivity index (χ3v) is 6.01. The lowest BCUT2D eigenvalue weighted by Gasteiger charge is -2.33. The van der Waals surface area contributed by atoms with Gasteiger partial charge < -0.3 is 10.2 Å². The van der Waals surface area contributed by atoms with Crippen LogP contribution < -0.4 is 10.2 Å². The molecule has 0 radical (unpaired) electrons. The Morgan fingerprint density at radius 3 is 2.86 bits per heavy atom. The summed E-state index contributed by atoms with van der Waals surface area (Å²) in [6, 6.07) is -0.232. The summed E-state index contributed by atoms with van der Waals surface area (Å²) >= 11 is 0. The van der Waals surface area contributed by atoms with Crippen molar-refractivity contribution in [2.75, 3.05) is 29.5 Å². The van der Waals surface area contributed by atoms with Crippen LogP contribution in [0.25, 0.3) is 0 Å². The predicted molar refractivity (Wildman–Crippen MR) is 82.2 cm³/mol. The van der Waals surface area contributed by atoms with Crippen molar-refractivity contribution in [1.82, 2.24) is 15.3 Å². The van der Waals surface area contributed by atoms with Gasteiger partial charge in [0.2, 0.25) is 5.91 Å². The van der Waals surface area contributed by atoms with Gasteiger partial charge in [0, 0.05) is 31.5 Å². The fourth-order valence-corrected chi connectivity index (χ4v) is 4.75. The molecule has 0 unspecified atom stereocenters. The monoisotopic (exact) mass is 324 g/mol. The van der Waals surface area contributed by atoms with Crippen LogP contribution in [0, 0.1) is 5.92 Å². The van der Waals surface area contributed by atoms with E-state index in [1.165, 1.54) is 0 Å². The molecule has 120 valence electrons. The SMILES string of the molecule is O=C(N[C@H]1CCS(=O)(=O)C1)[C@@H]1CCCN(c2cnccn2)C1. The number of carbonyl (C=O) groups is 1. The average molecular weight is 324 g/mol. The first-order valence-electron chi connectivity index (χ1n) is 7.55. The molecule has 0 spiro atoms. The lowest BCUT2D eigenvalue weighted by Crippen LogP contribution is -2.46. The first-order valence-corrected chi connectivity index (χ1v) is 9.37. The predicted octanol–water partition coefficient (Wildman–Crippen LogP) is -0.00370. The van der Waals surface area contributed by atoms with Gasteiger partial charge >= 0.3 is 0 Å². The number of aromatic nitrogens is 2. The number of anilines is 1. The Balaban J connectivity index is 1.59. The van der Waals surface area contributed by atoms with Gasteiger partial charge in [0.25, 0.3) is 0 Å². The van der Waals surface area contributed by atoms with Crippen molar-refractivity contribution in [1.29, 1.82) is 0 Å². The van der Waals surface area contributed by atoms with E-state index < -0.39 is 9.84 Å². The molecule has 2 atom stereocenters. The van der Waals surface area contributed by atoms with Gasteiger partial charge in [-0.25, -0.2) is 13.4 Å². The fraction of sp³-hybridized carbons (Fsp3) is 0.643.